The average molecular weight is 519 g/mol. The molecule has 0 aliphatic carbocycles. The Morgan fingerprint density at radius 1 is 0.649 bits per heavy atom. The third-order valence-electron chi connectivity index (χ3n) is 5.40. The highest BCUT2D eigenvalue weighted by Crippen LogP contribution is 2.29. The van der Waals surface area contributed by atoms with Gasteiger partial charge in [-0.05, 0) is 49.9 Å². The summed E-state index contributed by atoms with van der Waals surface area (Å²) in [4.78, 5) is 23.0. The SMILES string of the molecule is CCCCC(Oc1ccccc1OCCOCCOc1ccccc1OC(CCCC)C(=O)O)C(=O)O. The van der Waals surface area contributed by atoms with Crippen LogP contribution < -0.4 is 18.9 Å². The van der Waals surface area contributed by atoms with Crippen LogP contribution in [0, 0.1) is 0 Å². The lowest BCUT2D eigenvalue weighted by atomic mass is 10.1. The molecule has 37 heavy (non-hydrogen) atoms. The normalized spacial score (nSPS) is 12.4. The Balaban J connectivity index is 1.77. The standard InChI is InChI=1S/C28H38O9/c1-3-5-11-25(27(29)30)36-23-15-9-7-13-21(23)34-19-17-33-18-20-35-22-14-8-10-16-24(22)37-26(28(31)32)12-6-4-2/h7-10,13-16,25-26H,3-6,11-12,17-20H2,1-2H3,(H,29,30)(H,31,32). The van der Waals surface area contributed by atoms with Gasteiger partial charge in [0.15, 0.2) is 35.2 Å². The summed E-state index contributed by atoms with van der Waals surface area (Å²) in [5, 5.41) is 18.8. The fraction of sp³-hybridized carbons (Fsp3) is 0.500. The second kappa shape index (κ2) is 17.1. The number of aliphatic carboxylic acids is 2. The number of para-hydroxylation sites is 4. The molecular weight excluding hydrogens is 480 g/mol. The molecule has 0 amide bonds. The third kappa shape index (κ3) is 11.0. The van der Waals surface area contributed by atoms with Crippen molar-refractivity contribution >= 4 is 11.9 Å². The number of unbranched alkanes of at least 4 members (excludes halogenated alkanes) is 2. The summed E-state index contributed by atoms with van der Waals surface area (Å²) >= 11 is 0. The van der Waals surface area contributed by atoms with Gasteiger partial charge in [-0.2, -0.15) is 0 Å². The molecule has 0 aliphatic rings. The van der Waals surface area contributed by atoms with Gasteiger partial charge in [-0.1, -0.05) is 51.0 Å². The molecule has 204 valence electrons. The van der Waals surface area contributed by atoms with E-state index in [1.165, 1.54) is 0 Å². The summed E-state index contributed by atoms with van der Waals surface area (Å²) in [5.41, 5.74) is 0. The second-order valence-electron chi connectivity index (χ2n) is 8.38. The van der Waals surface area contributed by atoms with E-state index >= 15 is 0 Å². The van der Waals surface area contributed by atoms with Gasteiger partial charge < -0.3 is 33.9 Å². The number of carboxylic acids is 2. The van der Waals surface area contributed by atoms with E-state index < -0.39 is 24.1 Å². The molecule has 0 heterocycles. The molecule has 0 radical (unpaired) electrons. The molecular formula is C28H38O9. The van der Waals surface area contributed by atoms with Crippen molar-refractivity contribution in [1.82, 2.24) is 0 Å². The summed E-state index contributed by atoms with van der Waals surface area (Å²) in [5.74, 6) is -0.343. The predicted octanol–water partition coefficient (Wildman–Crippen LogP) is 5.21. The zero-order valence-corrected chi connectivity index (χ0v) is 21.6. The predicted molar refractivity (Wildman–Crippen MR) is 138 cm³/mol. The maximum absolute atomic E-state index is 11.5. The molecule has 2 atom stereocenters. The van der Waals surface area contributed by atoms with Crippen molar-refractivity contribution in [3.05, 3.63) is 48.5 Å². The number of carbonyl (C=O) groups is 2. The highest BCUT2D eigenvalue weighted by molar-refractivity contribution is 5.73. The summed E-state index contributed by atoms with van der Waals surface area (Å²) < 4.78 is 28.5. The fourth-order valence-corrected chi connectivity index (χ4v) is 3.41. The summed E-state index contributed by atoms with van der Waals surface area (Å²) in [7, 11) is 0. The molecule has 0 aliphatic heterocycles. The van der Waals surface area contributed by atoms with Gasteiger partial charge in [0.05, 0.1) is 13.2 Å². The maximum atomic E-state index is 11.5. The van der Waals surface area contributed by atoms with Gasteiger partial charge in [-0.15, -0.1) is 0 Å². The van der Waals surface area contributed by atoms with Crippen molar-refractivity contribution in [2.45, 2.75) is 64.6 Å². The second-order valence-corrected chi connectivity index (χ2v) is 8.38. The monoisotopic (exact) mass is 518 g/mol. The molecule has 0 fully saturated rings. The number of ether oxygens (including phenoxy) is 5. The van der Waals surface area contributed by atoms with Crippen molar-refractivity contribution < 1.29 is 43.5 Å². The van der Waals surface area contributed by atoms with E-state index in [1.54, 1.807) is 48.5 Å². The first-order valence-corrected chi connectivity index (χ1v) is 12.8. The summed E-state index contributed by atoms with van der Waals surface area (Å²) in [6, 6.07) is 13.9. The van der Waals surface area contributed by atoms with E-state index in [9.17, 15) is 19.8 Å². The summed E-state index contributed by atoms with van der Waals surface area (Å²) in [6.07, 6.45) is 2.27. The zero-order chi connectivity index (χ0) is 26.9. The summed E-state index contributed by atoms with van der Waals surface area (Å²) in [6.45, 7) is 5.04. The largest absolute Gasteiger partial charge is 0.487 e. The van der Waals surface area contributed by atoms with Crippen LogP contribution in [0.15, 0.2) is 48.5 Å². The molecule has 9 nitrogen and oxygen atoms in total. The van der Waals surface area contributed by atoms with Crippen LogP contribution in [0.4, 0.5) is 0 Å². The first-order chi connectivity index (χ1) is 18.0. The number of hydrogen-bond acceptors (Lipinski definition) is 7. The lowest BCUT2D eigenvalue weighted by molar-refractivity contribution is -0.146. The van der Waals surface area contributed by atoms with Gasteiger partial charge >= 0.3 is 11.9 Å². The van der Waals surface area contributed by atoms with Crippen molar-refractivity contribution in [3.8, 4) is 23.0 Å². The number of hydrogen-bond donors (Lipinski definition) is 2. The number of carboxylic acid groups (broad SMARTS) is 2. The van der Waals surface area contributed by atoms with Crippen LogP contribution >= 0.6 is 0 Å². The first kappa shape index (κ1) is 29.8. The minimum atomic E-state index is -1.00. The minimum Gasteiger partial charge on any atom is -0.487 e. The highest BCUT2D eigenvalue weighted by Gasteiger charge is 2.21. The van der Waals surface area contributed by atoms with Crippen molar-refractivity contribution in [2.24, 2.45) is 0 Å². The van der Waals surface area contributed by atoms with Gasteiger partial charge in [0.2, 0.25) is 0 Å². The zero-order valence-electron chi connectivity index (χ0n) is 21.6. The Labute approximate surface area is 218 Å². The van der Waals surface area contributed by atoms with Crippen LogP contribution in [0.3, 0.4) is 0 Å². The van der Waals surface area contributed by atoms with Crippen LogP contribution in [0.1, 0.15) is 52.4 Å². The van der Waals surface area contributed by atoms with Crippen LogP contribution in [-0.4, -0.2) is 60.8 Å². The van der Waals surface area contributed by atoms with E-state index in [1.807, 2.05) is 13.8 Å². The molecule has 2 rings (SSSR count). The van der Waals surface area contributed by atoms with E-state index in [0.717, 1.165) is 25.7 Å². The molecule has 0 bridgehead atoms. The molecule has 0 aromatic heterocycles. The van der Waals surface area contributed by atoms with Gasteiger partial charge in [-0.3, -0.25) is 0 Å². The minimum absolute atomic E-state index is 0.241. The molecule has 2 N–H and O–H groups in total. The fourth-order valence-electron chi connectivity index (χ4n) is 3.41. The lowest BCUT2D eigenvalue weighted by Gasteiger charge is -2.18. The Morgan fingerprint density at radius 3 is 1.38 bits per heavy atom. The van der Waals surface area contributed by atoms with Crippen LogP contribution in [0.2, 0.25) is 0 Å². The van der Waals surface area contributed by atoms with E-state index in [2.05, 4.69) is 0 Å². The smallest absolute Gasteiger partial charge is 0.344 e. The number of benzene rings is 2. The molecule has 2 aromatic rings. The van der Waals surface area contributed by atoms with Gasteiger partial charge in [0, 0.05) is 0 Å². The average Bonchev–Trinajstić information content (AvgIpc) is 2.89. The quantitative estimate of drug-likeness (QED) is 0.228. The first-order valence-electron chi connectivity index (χ1n) is 12.8. The topological polar surface area (TPSA) is 121 Å². The van der Waals surface area contributed by atoms with Crippen LogP contribution in [-0.2, 0) is 14.3 Å². The number of rotatable bonds is 20. The molecule has 0 saturated carbocycles. The van der Waals surface area contributed by atoms with E-state index in [0.29, 0.717) is 35.8 Å². The lowest BCUT2D eigenvalue weighted by Crippen LogP contribution is -2.27. The Bertz CT molecular complexity index is 871. The van der Waals surface area contributed by atoms with Gasteiger partial charge in [0.1, 0.15) is 13.2 Å². The molecule has 2 aromatic carbocycles. The van der Waals surface area contributed by atoms with E-state index in [4.69, 9.17) is 23.7 Å². The van der Waals surface area contributed by atoms with Crippen molar-refractivity contribution in [2.75, 3.05) is 26.4 Å². The van der Waals surface area contributed by atoms with Crippen LogP contribution in [0.25, 0.3) is 0 Å². The third-order valence-corrected chi connectivity index (χ3v) is 5.40. The highest BCUT2D eigenvalue weighted by atomic mass is 16.6. The van der Waals surface area contributed by atoms with Crippen molar-refractivity contribution in [3.63, 3.8) is 0 Å². The maximum Gasteiger partial charge on any atom is 0.344 e. The van der Waals surface area contributed by atoms with Gasteiger partial charge in [0.25, 0.3) is 0 Å². The Morgan fingerprint density at radius 2 is 1.03 bits per heavy atom. The molecule has 0 saturated heterocycles. The molecule has 9 heteroatoms. The van der Waals surface area contributed by atoms with Crippen molar-refractivity contribution in [1.29, 1.82) is 0 Å². The molecule has 2 unspecified atom stereocenters. The molecule has 0 spiro atoms. The van der Waals surface area contributed by atoms with Crippen LogP contribution in [0.5, 0.6) is 23.0 Å². The Kier molecular flexibility index (Phi) is 13.7. The van der Waals surface area contributed by atoms with Gasteiger partial charge in [-0.25, -0.2) is 9.59 Å². The van der Waals surface area contributed by atoms with E-state index in [-0.39, 0.29) is 26.4 Å². The Hall–Kier alpha value is -3.46.